The fraction of sp³-hybridized carbons (Fsp3) is 0.600. The maximum atomic E-state index is 10.7. The van der Waals surface area contributed by atoms with Gasteiger partial charge in [0.05, 0.1) is 11.0 Å². The molecule has 3 atom stereocenters. The SMILES string of the molecule is O=[N+]([O-])c1ccc(C2NCC3CCCCCC3O2)cc1. The van der Waals surface area contributed by atoms with Gasteiger partial charge in [0.25, 0.3) is 5.69 Å². The molecular weight excluding hydrogens is 256 g/mol. The molecule has 5 heteroatoms. The van der Waals surface area contributed by atoms with E-state index in [-0.39, 0.29) is 16.8 Å². The number of nitro groups is 1. The Morgan fingerprint density at radius 2 is 1.90 bits per heavy atom. The Hall–Kier alpha value is -1.46. The molecule has 0 radical (unpaired) electrons. The third kappa shape index (κ3) is 2.83. The molecule has 0 amide bonds. The Morgan fingerprint density at radius 1 is 1.15 bits per heavy atom. The molecule has 1 aliphatic heterocycles. The van der Waals surface area contributed by atoms with E-state index in [1.54, 1.807) is 24.3 Å². The molecule has 3 unspecified atom stereocenters. The van der Waals surface area contributed by atoms with Gasteiger partial charge in [-0.15, -0.1) is 0 Å². The minimum Gasteiger partial charge on any atom is -0.356 e. The van der Waals surface area contributed by atoms with Crippen LogP contribution >= 0.6 is 0 Å². The molecule has 1 aromatic rings. The summed E-state index contributed by atoms with van der Waals surface area (Å²) in [5.74, 6) is 0.617. The van der Waals surface area contributed by atoms with Crippen molar-refractivity contribution in [2.24, 2.45) is 5.92 Å². The summed E-state index contributed by atoms with van der Waals surface area (Å²) >= 11 is 0. The van der Waals surface area contributed by atoms with Crippen LogP contribution in [0.1, 0.15) is 43.9 Å². The molecule has 1 aliphatic carbocycles. The van der Waals surface area contributed by atoms with E-state index in [4.69, 9.17) is 4.74 Å². The van der Waals surface area contributed by atoms with Gasteiger partial charge in [-0.25, -0.2) is 0 Å². The van der Waals surface area contributed by atoms with Crippen molar-refractivity contribution < 1.29 is 9.66 Å². The van der Waals surface area contributed by atoms with Crippen LogP contribution in [0.15, 0.2) is 24.3 Å². The number of nitro benzene ring substituents is 1. The number of fused-ring (bicyclic) bond motifs is 1. The molecular formula is C15H20N2O3. The first-order valence-corrected chi connectivity index (χ1v) is 7.37. The van der Waals surface area contributed by atoms with Gasteiger partial charge in [-0.1, -0.05) is 19.3 Å². The second-order valence-electron chi connectivity index (χ2n) is 5.71. The van der Waals surface area contributed by atoms with Gasteiger partial charge in [-0.05, 0) is 36.5 Å². The molecule has 2 fully saturated rings. The van der Waals surface area contributed by atoms with Crippen molar-refractivity contribution in [2.75, 3.05) is 6.54 Å². The largest absolute Gasteiger partial charge is 0.356 e. The predicted octanol–water partition coefficient (Wildman–Crippen LogP) is 3.16. The summed E-state index contributed by atoms with van der Waals surface area (Å²) in [7, 11) is 0. The topological polar surface area (TPSA) is 64.4 Å². The molecule has 1 N–H and O–H groups in total. The van der Waals surface area contributed by atoms with Crippen LogP contribution in [0, 0.1) is 16.0 Å². The van der Waals surface area contributed by atoms with Gasteiger partial charge >= 0.3 is 0 Å². The summed E-state index contributed by atoms with van der Waals surface area (Å²) in [4.78, 5) is 10.3. The third-order valence-electron chi connectivity index (χ3n) is 4.37. The zero-order valence-electron chi connectivity index (χ0n) is 11.5. The van der Waals surface area contributed by atoms with Crippen LogP contribution in [-0.4, -0.2) is 17.6 Å². The van der Waals surface area contributed by atoms with Gasteiger partial charge in [0, 0.05) is 18.7 Å². The molecule has 1 saturated carbocycles. The molecule has 1 aromatic carbocycles. The number of hydrogen-bond donors (Lipinski definition) is 1. The fourth-order valence-corrected chi connectivity index (χ4v) is 3.21. The highest BCUT2D eigenvalue weighted by atomic mass is 16.6. The van der Waals surface area contributed by atoms with Crippen molar-refractivity contribution >= 4 is 5.69 Å². The monoisotopic (exact) mass is 276 g/mol. The van der Waals surface area contributed by atoms with Crippen LogP contribution in [-0.2, 0) is 4.74 Å². The first kappa shape index (κ1) is 13.5. The molecule has 1 heterocycles. The molecule has 108 valence electrons. The van der Waals surface area contributed by atoms with Crippen LogP contribution in [0.5, 0.6) is 0 Å². The number of ether oxygens (including phenoxy) is 1. The van der Waals surface area contributed by atoms with Crippen molar-refractivity contribution in [3.63, 3.8) is 0 Å². The average molecular weight is 276 g/mol. The molecule has 3 rings (SSSR count). The zero-order chi connectivity index (χ0) is 13.9. The second-order valence-corrected chi connectivity index (χ2v) is 5.71. The number of nitrogens with zero attached hydrogens (tertiary/aromatic N) is 1. The van der Waals surface area contributed by atoms with Crippen LogP contribution < -0.4 is 5.32 Å². The number of nitrogens with one attached hydrogen (secondary N) is 1. The van der Waals surface area contributed by atoms with Crippen molar-refractivity contribution in [3.05, 3.63) is 39.9 Å². The Bertz CT molecular complexity index is 475. The third-order valence-corrected chi connectivity index (χ3v) is 4.37. The summed E-state index contributed by atoms with van der Waals surface area (Å²) in [6.07, 6.45) is 6.43. The number of rotatable bonds is 2. The zero-order valence-corrected chi connectivity index (χ0v) is 11.5. The summed E-state index contributed by atoms with van der Waals surface area (Å²) in [5.41, 5.74) is 1.09. The molecule has 1 saturated heterocycles. The van der Waals surface area contributed by atoms with E-state index in [1.807, 2.05) is 0 Å². The van der Waals surface area contributed by atoms with Crippen LogP contribution in [0.25, 0.3) is 0 Å². The Kier molecular flexibility index (Phi) is 3.98. The van der Waals surface area contributed by atoms with E-state index in [2.05, 4.69) is 5.32 Å². The molecule has 0 spiro atoms. The van der Waals surface area contributed by atoms with E-state index in [0.717, 1.165) is 18.5 Å². The normalized spacial score (nSPS) is 30.3. The standard InChI is InChI=1S/C15H20N2O3/c18-17(19)13-8-6-11(7-9-13)15-16-10-12-4-2-1-3-5-14(12)20-15/h6-9,12,14-16H,1-5,10H2. The van der Waals surface area contributed by atoms with Gasteiger partial charge < -0.3 is 4.74 Å². The maximum absolute atomic E-state index is 10.7. The molecule has 2 aliphatic rings. The first-order chi connectivity index (χ1) is 9.74. The van der Waals surface area contributed by atoms with Crippen LogP contribution in [0.3, 0.4) is 0 Å². The first-order valence-electron chi connectivity index (χ1n) is 7.37. The van der Waals surface area contributed by atoms with E-state index in [0.29, 0.717) is 12.0 Å². The lowest BCUT2D eigenvalue weighted by Gasteiger charge is -2.36. The molecule has 20 heavy (non-hydrogen) atoms. The van der Waals surface area contributed by atoms with E-state index >= 15 is 0 Å². The Labute approximate surface area is 118 Å². The van der Waals surface area contributed by atoms with Crippen LogP contribution in [0.2, 0.25) is 0 Å². The van der Waals surface area contributed by atoms with Gasteiger partial charge in [0.2, 0.25) is 0 Å². The second kappa shape index (κ2) is 5.89. The Morgan fingerprint density at radius 3 is 2.65 bits per heavy atom. The highest BCUT2D eigenvalue weighted by molar-refractivity contribution is 5.33. The summed E-state index contributed by atoms with van der Waals surface area (Å²) in [6, 6.07) is 6.65. The van der Waals surface area contributed by atoms with Gasteiger partial charge in [0.15, 0.2) is 0 Å². The predicted molar refractivity (Wildman–Crippen MR) is 75.3 cm³/mol. The minimum absolute atomic E-state index is 0.122. The van der Waals surface area contributed by atoms with E-state index in [9.17, 15) is 10.1 Å². The smallest absolute Gasteiger partial charge is 0.269 e. The lowest BCUT2D eigenvalue weighted by molar-refractivity contribution is -0.384. The summed E-state index contributed by atoms with van der Waals surface area (Å²) < 4.78 is 6.18. The highest BCUT2D eigenvalue weighted by Crippen LogP contribution is 2.33. The van der Waals surface area contributed by atoms with Gasteiger partial charge in [0.1, 0.15) is 6.23 Å². The molecule has 5 nitrogen and oxygen atoms in total. The highest BCUT2D eigenvalue weighted by Gasteiger charge is 2.32. The molecule has 0 aromatic heterocycles. The number of hydrogen-bond acceptors (Lipinski definition) is 4. The fourth-order valence-electron chi connectivity index (χ4n) is 3.21. The summed E-state index contributed by atoms with van der Waals surface area (Å²) in [5, 5.41) is 14.1. The van der Waals surface area contributed by atoms with Crippen LogP contribution in [0.4, 0.5) is 5.69 Å². The van der Waals surface area contributed by atoms with Crippen molar-refractivity contribution in [1.82, 2.24) is 5.32 Å². The average Bonchev–Trinajstić information content (AvgIpc) is 2.71. The quantitative estimate of drug-likeness (QED) is 0.665. The van der Waals surface area contributed by atoms with E-state index < -0.39 is 0 Å². The van der Waals surface area contributed by atoms with Crippen molar-refractivity contribution in [3.8, 4) is 0 Å². The summed E-state index contributed by atoms with van der Waals surface area (Å²) in [6.45, 7) is 0.978. The van der Waals surface area contributed by atoms with E-state index in [1.165, 1.54) is 25.7 Å². The van der Waals surface area contributed by atoms with Gasteiger partial charge in [-0.2, -0.15) is 0 Å². The maximum Gasteiger partial charge on any atom is 0.269 e. The van der Waals surface area contributed by atoms with Gasteiger partial charge in [-0.3, -0.25) is 15.4 Å². The number of benzene rings is 1. The van der Waals surface area contributed by atoms with Crippen molar-refractivity contribution in [2.45, 2.75) is 44.4 Å². The minimum atomic E-state index is -0.375. The Balaban J connectivity index is 1.70. The van der Waals surface area contributed by atoms with Crippen molar-refractivity contribution in [1.29, 1.82) is 0 Å². The lowest BCUT2D eigenvalue weighted by Crippen LogP contribution is -2.43. The lowest BCUT2D eigenvalue weighted by atomic mass is 9.95. The number of non-ortho nitro benzene ring substituents is 1. The molecule has 0 bridgehead atoms.